The first-order chi connectivity index (χ1) is 10.2. The molecule has 2 aromatic rings. The molecule has 1 atom stereocenters. The maximum Gasteiger partial charge on any atom is 0.228 e. The fraction of sp³-hybridized carbons (Fsp3) is 0.400. The highest BCUT2D eigenvalue weighted by molar-refractivity contribution is 7.13. The predicted octanol–water partition coefficient (Wildman–Crippen LogP) is 1.99. The van der Waals surface area contributed by atoms with Gasteiger partial charge in [-0.15, -0.1) is 11.3 Å². The zero-order valence-corrected chi connectivity index (χ0v) is 12.7. The number of hydrogen-bond acceptors (Lipinski definition) is 5. The number of pyridine rings is 1. The number of morpholine rings is 1. The van der Waals surface area contributed by atoms with E-state index in [0.29, 0.717) is 26.1 Å². The first-order valence-electron chi connectivity index (χ1n) is 6.97. The van der Waals surface area contributed by atoms with E-state index in [-0.39, 0.29) is 12.0 Å². The van der Waals surface area contributed by atoms with E-state index in [2.05, 4.69) is 9.97 Å². The van der Waals surface area contributed by atoms with Crippen molar-refractivity contribution >= 4 is 17.2 Å². The Morgan fingerprint density at radius 2 is 2.43 bits per heavy atom. The van der Waals surface area contributed by atoms with Gasteiger partial charge in [-0.3, -0.25) is 9.78 Å². The van der Waals surface area contributed by atoms with Crippen molar-refractivity contribution in [2.45, 2.75) is 19.4 Å². The Labute approximate surface area is 127 Å². The molecule has 0 aliphatic carbocycles. The van der Waals surface area contributed by atoms with Gasteiger partial charge >= 0.3 is 0 Å². The minimum Gasteiger partial charge on any atom is -0.375 e. The number of carbonyl (C=O) groups is 1. The number of ether oxygens (including phenoxy) is 1. The van der Waals surface area contributed by atoms with Crippen molar-refractivity contribution in [3.8, 4) is 10.7 Å². The van der Waals surface area contributed by atoms with Gasteiger partial charge in [0, 0.05) is 24.7 Å². The highest BCUT2D eigenvalue weighted by atomic mass is 32.1. The molecule has 0 unspecified atom stereocenters. The zero-order chi connectivity index (χ0) is 14.7. The summed E-state index contributed by atoms with van der Waals surface area (Å²) in [5.74, 6) is 0.114. The molecule has 0 saturated carbocycles. The Balaban J connectivity index is 1.66. The second-order valence-corrected chi connectivity index (χ2v) is 5.92. The van der Waals surface area contributed by atoms with Crippen LogP contribution in [0.2, 0.25) is 0 Å². The third kappa shape index (κ3) is 3.46. The molecule has 110 valence electrons. The van der Waals surface area contributed by atoms with Gasteiger partial charge in [-0.1, -0.05) is 6.07 Å². The SMILES string of the molecule is C[C@H]1CN(C(=O)Cc2csc(-c3ccccn3)n2)CCO1. The standard InChI is InChI=1S/C15H17N3O2S/c1-11-9-18(6-7-20-11)14(19)8-12-10-21-15(17-12)13-4-2-3-5-16-13/h2-5,10-11H,6-9H2,1H3/t11-/m0/s1. The van der Waals surface area contributed by atoms with Crippen LogP contribution >= 0.6 is 11.3 Å². The second kappa shape index (κ2) is 6.32. The summed E-state index contributed by atoms with van der Waals surface area (Å²) < 4.78 is 5.45. The lowest BCUT2D eigenvalue weighted by atomic mass is 10.2. The van der Waals surface area contributed by atoms with Crippen LogP contribution in [-0.4, -0.2) is 46.6 Å². The molecule has 1 aliphatic rings. The summed E-state index contributed by atoms with van der Waals surface area (Å²) in [7, 11) is 0. The fourth-order valence-electron chi connectivity index (χ4n) is 2.31. The van der Waals surface area contributed by atoms with E-state index in [4.69, 9.17) is 4.74 Å². The molecule has 0 radical (unpaired) electrons. The van der Waals surface area contributed by atoms with E-state index >= 15 is 0 Å². The number of carbonyl (C=O) groups excluding carboxylic acids is 1. The van der Waals surface area contributed by atoms with Crippen LogP contribution in [0.25, 0.3) is 10.7 Å². The molecular formula is C15H17N3O2S. The van der Waals surface area contributed by atoms with Gasteiger partial charge in [0.1, 0.15) is 5.01 Å². The monoisotopic (exact) mass is 303 g/mol. The summed E-state index contributed by atoms with van der Waals surface area (Å²) in [5, 5.41) is 2.79. The van der Waals surface area contributed by atoms with Crippen molar-refractivity contribution in [3.63, 3.8) is 0 Å². The highest BCUT2D eigenvalue weighted by Crippen LogP contribution is 2.22. The second-order valence-electron chi connectivity index (χ2n) is 5.06. The predicted molar refractivity (Wildman–Crippen MR) is 81.0 cm³/mol. The van der Waals surface area contributed by atoms with Crippen LogP contribution in [-0.2, 0) is 16.0 Å². The van der Waals surface area contributed by atoms with Gasteiger partial charge in [-0.05, 0) is 19.1 Å². The lowest BCUT2D eigenvalue weighted by Gasteiger charge is -2.31. The molecule has 1 aliphatic heterocycles. The number of amides is 1. The molecule has 5 nitrogen and oxygen atoms in total. The van der Waals surface area contributed by atoms with Crippen LogP contribution in [0, 0.1) is 0 Å². The molecule has 0 aromatic carbocycles. The van der Waals surface area contributed by atoms with Gasteiger partial charge in [0.15, 0.2) is 0 Å². The molecule has 0 N–H and O–H groups in total. The lowest BCUT2D eigenvalue weighted by molar-refractivity contribution is -0.137. The lowest BCUT2D eigenvalue weighted by Crippen LogP contribution is -2.45. The molecule has 1 amide bonds. The molecule has 3 heterocycles. The number of nitrogens with zero attached hydrogens (tertiary/aromatic N) is 3. The van der Waals surface area contributed by atoms with Gasteiger partial charge in [0.2, 0.25) is 5.91 Å². The third-order valence-corrected chi connectivity index (χ3v) is 4.28. The van der Waals surface area contributed by atoms with Gasteiger partial charge in [-0.25, -0.2) is 4.98 Å². The van der Waals surface area contributed by atoms with Gasteiger partial charge < -0.3 is 9.64 Å². The van der Waals surface area contributed by atoms with Crippen molar-refractivity contribution in [1.29, 1.82) is 0 Å². The van der Waals surface area contributed by atoms with E-state index < -0.39 is 0 Å². The molecule has 2 aromatic heterocycles. The average molecular weight is 303 g/mol. The van der Waals surface area contributed by atoms with E-state index in [1.807, 2.05) is 35.4 Å². The number of aromatic nitrogens is 2. The Morgan fingerprint density at radius 1 is 1.52 bits per heavy atom. The summed E-state index contributed by atoms with van der Waals surface area (Å²) in [6.07, 6.45) is 2.20. The van der Waals surface area contributed by atoms with E-state index in [1.54, 1.807) is 6.20 Å². The van der Waals surface area contributed by atoms with E-state index in [0.717, 1.165) is 16.4 Å². The largest absolute Gasteiger partial charge is 0.375 e. The average Bonchev–Trinajstić information content (AvgIpc) is 2.97. The summed E-state index contributed by atoms with van der Waals surface area (Å²) in [4.78, 5) is 22.9. The van der Waals surface area contributed by atoms with Crippen LogP contribution in [0.15, 0.2) is 29.8 Å². The molecule has 1 fully saturated rings. The van der Waals surface area contributed by atoms with Gasteiger partial charge in [0.25, 0.3) is 0 Å². The molecule has 1 saturated heterocycles. The third-order valence-electron chi connectivity index (χ3n) is 3.36. The summed E-state index contributed by atoms with van der Waals surface area (Å²) in [6, 6.07) is 5.74. The van der Waals surface area contributed by atoms with E-state index in [1.165, 1.54) is 11.3 Å². The first kappa shape index (κ1) is 14.2. The maximum absolute atomic E-state index is 12.3. The smallest absolute Gasteiger partial charge is 0.228 e. The van der Waals surface area contributed by atoms with Crippen molar-refractivity contribution in [3.05, 3.63) is 35.5 Å². The topological polar surface area (TPSA) is 55.3 Å². The van der Waals surface area contributed by atoms with Crippen LogP contribution < -0.4 is 0 Å². The Bertz CT molecular complexity index is 614. The minimum atomic E-state index is 0.113. The van der Waals surface area contributed by atoms with Crippen molar-refractivity contribution in [2.75, 3.05) is 19.7 Å². The summed E-state index contributed by atoms with van der Waals surface area (Å²) >= 11 is 1.52. The Morgan fingerprint density at radius 3 is 3.19 bits per heavy atom. The van der Waals surface area contributed by atoms with Crippen LogP contribution in [0.4, 0.5) is 0 Å². The molecule has 0 bridgehead atoms. The van der Waals surface area contributed by atoms with Crippen LogP contribution in [0.5, 0.6) is 0 Å². The van der Waals surface area contributed by atoms with Gasteiger partial charge in [0.05, 0.1) is 30.5 Å². The Hall–Kier alpha value is -1.79. The van der Waals surface area contributed by atoms with Crippen LogP contribution in [0.1, 0.15) is 12.6 Å². The minimum absolute atomic E-state index is 0.113. The number of rotatable bonds is 3. The van der Waals surface area contributed by atoms with Crippen LogP contribution in [0.3, 0.4) is 0 Å². The number of hydrogen-bond donors (Lipinski definition) is 0. The quantitative estimate of drug-likeness (QED) is 0.870. The van der Waals surface area contributed by atoms with Crippen molar-refractivity contribution < 1.29 is 9.53 Å². The van der Waals surface area contributed by atoms with Crippen molar-refractivity contribution in [2.24, 2.45) is 0 Å². The Kier molecular flexibility index (Phi) is 4.26. The number of thiazole rings is 1. The molecule has 21 heavy (non-hydrogen) atoms. The first-order valence-corrected chi connectivity index (χ1v) is 7.85. The summed E-state index contributed by atoms with van der Waals surface area (Å²) in [5.41, 5.74) is 1.66. The summed E-state index contributed by atoms with van der Waals surface area (Å²) in [6.45, 7) is 3.93. The molecule has 3 rings (SSSR count). The maximum atomic E-state index is 12.3. The van der Waals surface area contributed by atoms with Gasteiger partial charge in [-0.2, -0.15) is 0 Å². The fourth-order valence-corrected chi connectivity index (χ4v) is 3.10. The normalized spacial score (nSPS) is 18.7. The highest BCUT2D eigenvalue weighted by Gasteiger charge is 2.22. The van der Waals surface area contributed by atoms with E-state index in [9.17, 15) is 4.79 Å². The zero-order valence-electron chi connectivity index (χ0n) is 11.9. The molecule has 0 spiro atoms. The molecular weight excluding hydrogens is 286 g/mol. The van der Waals surface area contributed by atoms with Crippen molar-refractivity contribution in [1.82, 2.24) is 14.9 Å². The molecule has 6 heteroatoms.